The Bertz CT molecular complexity index is 1330. The first-order chi connectivity index (χ1) is 24.9. The quantitative estimate of drug-likeness (QED) is 0.0775. The second-order valence-electron chi connectivity index (χ2n) is 16.8. The lowest BCUT2D eigenvalue weighted by Crippen LogP contribution is -2.44. The van der Waals surface area contributed by atoms with Gasteiger partial charge in [-0.15, -0.1) is 0 Å². The molecule has 7 nitrogen and oxygen atoms in total. The van der Waals surface area contributed by atoms with Gasteiger partial charge in [0.1, 0.15) is 6.10 Å². The minimum absolute atomic E-state index is 0.0671. The first-order valence-corrected chi connectivity index (χ1v) is 23.3. The van der Waals surface area contributed by atoms with Crippen LogP contribution in [-0.2, 0) is 23.4 Å². The van der Waals surface area contributed by atoms with Crippen molar-refractivity contribution in [1.82, 2.24) is 0 Å². The maximum absolute atomic E-state index is 13.8. The Labute approximate surface area is 315 Å². The zero-order valence-corrected chi connectivity index (χ0v) is 34.1. The Morgan fingerprint density at radius 2 is 1.54 bits per heavy atom. The largest absolute Gasteiger partial charge is 0.481 e. The molecular weight excluding hydrogens is 669 g/mol. The summed E-state index contributed by atoms with van der Waals surface area (Å²) in [4.78, 5) is 24.9. The van der Waals surface area contributed by atoms with Gasteiger partial charge in [0.15, 0.2) is 14.6 Å². The molecule has 2 aromatic rings. The summed E-state index contributed by atoms with van der Waals surface area (Å²) in [6.07, 6.45) is 14.5. The Morgan fingerprint density at radius 3 is 2.19 bits per heavy atom. The monoisotopic (exact) mass is 736 g/mol. The van der Waals surface area contributed by atoms with Gasteiger partial charge >= 0.3 is 11.9 Å². The molecule has 2 aromatic carbocycles. The number of carboxylic acid groups (broad SMARTS) is 1. The number of unbranched alkanes of at least 4 members (excludes halogenated alkanes) is 5. The van der Waals surface area contributed by atoms with E-state index < -0.39 is 14.3 Å². The number of esters is 1. The van der Waals surface area contributed by atoms with Crippen LogP contribution in [-0.4, -0.2) is 56.6 Å². The van der Waals surface area contributed by atoms with Crippen molar-refractivity contribution >= 4 is 20.3 Å². The number of hydrogen-bond donors (Lipinski definition) is 1. The third-order valence-corrected chi connectivity index (χ3v) is 16.4. The summed E-state index contributed by atoms with van der Waals surface area (Å²) in [6, 6.07) is 17.9. The van der Waals surface area contributed by atoms with Gasteiger partial charge in [-0.05, 0) is 98.7 Å². The number of rotatable bonds is 21. The normalized spacial score (nSPS) is 23.0. The van der Waals surface area contributed by atoms with Gasteiger partial charge in [0.05, 0.1) is 11.7 Å². The summed E-state index contributed by atoms with van der Waals surface area (Å²) in [5.41, 5.74) is 2.73. The highest BCUT2D eigenvalue weighted by molar-refractivity contribution is 6.74. The number of carboxylic acids is 1. The molecule has 1 saturated carbocycles. The van der Waals surface area contributed by atoms with Crippen molar-refractivity contribution in [3.8, 4) is 11.1 Å². The second-order valence-corrected chi connectivity index (χ2v) is 21.6. The summed E-state index contributed by atoms with van der Waals surface area (Å²) in [6.45, 7) is 14.6. The van der Waals surface area contributed by atoms with E-state index in [9.17, 15) is 9.59 Å². The van der Waals surface area contributed by atoms with E-state index in [1.54, 1.807) is 0 Å². The smallest absolute Gasteiger partial charge is 0.338 e. The van der Waals surface area contributed by atoms with E-state index in [0.717, 1.165) is 81.9 Å². The first kappa shape index (κ1) is 42.2. The maximum Gasteiger partial charge on any atom is 0.338 e. The van der Waals surface area contributed by atoms with Gasteiger partial charge < -0.3 is 23.7 Å². The Hall–Kier alpha value is -2.52. The van der Waals surface area contributed by atoms with Gasteiger partial charge in [-0.1, -0.05) is 109 Å². The van der Waals surface area contributed by atoms with Gasteiger partial charge in [-0.25, -0.2) is 4.79 Å². The van der Waals surface area contributed by atoms with Gasteiger partial charge in [-0.3, -0.25) is 4.79 Å². The molecule has 3 unspecified atom stereocenters. The Kier molecular flexibility index (Phi) is 16.9. The lowest BCUT2D eigenvalue weighted by molar-refractivity contribution is -0.196. The molecule has 290 valence electrons. The van der Waals surface area contributed by atoms with Crippen LogP contribution in [0, 0.1) is 11.8 Å². The highest BCUT2D eigenvalue weighted by atomic mass is 28.4. The molecule has 2 aliphatic rings. The van der Waals surface area contributed by atoms with Gasteiger partial charge in [-0.2, -0.15) is 0 Å². The van der Waals surface area contributed by atoms with E-state index in [1.165, 1.54) is 19.3 Å². The summed E-state index contributed by atoms with van der Waals surface area (Å²) < 4.78 is 26.5. The van der Waals surface area contributed by atoms with Crippen LogP contribution in [0.25, 0.3) is 11.1 Å². The lowest BCUT2D eigenvalue weighted by Gasteiger charge is -2.40. The number of hydrogen-bond acceptors (Lipinski definition) is 6. The van der Waals surface area contributed by atoms with Gasteiger partial charge in [0.25, 0.3) is 0 Å². The summed E-state index contributed by atoms with van der Waals surface area (Å²) in [5.74, 6) is -0.676. The van der Waals surface area contributed by atoms with Crippen molar-refractivity contribution in [3.05, 3.63) is 60.2 Å². The molecule has 0 spiro atoms. The molecule has 1 saturated heterocycles. The fourth-order valence-corrected chi connectivity index (χ4v) is 9.16. The molecule has 1 aliphatic heterocycles. The first-order valence-electron chi connectivity index (χ1n) is 20.4. The summed E-state index contributed by atoms with van der Waals surface area (Å²) in [7, 11) is -1.98. The van der Waals surface area contributed by atoms with E-state index in [0.29, 0.717) is 18.4 Å². The molecule has 0 radical (unpaired) electrons. The number of carbonyl (C=O) groups excluding carboxylic acids is 1. The molecular formula is C44H68O7Si. The molecule has 2 fully saturated rings. The van der Waals surface area contributed by atoms with Crippen molar-refractivity contribution in [2.24, 2.45) is 11.8 Å². The molecule has 8 heteroatoms. The third-order valence-electron chi connectivity index (χ3n) is 11.8. The molecule has 1 heterocycles. The minimum atomic E-state index is -1.98. The minimum Gasteiger partial charge on any atom is -0.481 e. The van der Waals surface area contributed by atoms with Crippen LogP contribution in [0.1, 0.15) is 141 Å². The number of carbonyl (C=O) groups is 2. The molecule has 0 bridgehead atoms. The van der Waals surface area contributed by atoms with Crippen LogP contribution in [0.5, 0.6) is 0 Å². The van der Waals surface area contributed by atoms with Crippen molar-refractivity contribution in [2.75, 3.05) is 6.61 Å². The van der Waals surface area contributed by atoms with Crippen molar-refractivity contribution < 1.29 is 33.3 Å². The Morgan fingerprint density at radius 1 is 0.846 bits per heavy atom. The zero-order valence-electron chi connectivity index (χ0n) is 33.1. The van der Waals surface area contributed by atoms with E-state index >= 15 is 0 Å². The molecule has 52 heavy (non-hydrogen) atoms. The fourth-order valence-electron chi connectivity index (χ4n) is 7.74. The second kappa shape index (κ2) is 20.8. The van der Waals surface area contributed by atoms with E-state index in [-0.39, 0.29) is 53.9 Å². The molecule has 0 amide bonds. The topological polar surface area (TPSA) is 91.3 Å². The van der Waals surface area contributed by atoms with Crippen molar-refractivity contribution in [2.45, 2.75) is 173 Å². The summed E-state index contributed by atoms with van der Waals surface area (Å²) >= 11 is 0. The van der Waals surface area contributed by atoms with Gasteiger partial charge in [0, 0.05) is 31.5 Å². The zero-order chi connectivity index (χ0) is 37.6. The lowest BCUT2D eigenvalue weighted by atomic mass is 9.84. The van der Waals surface area contributed by atoms with E-state index in [4.69, 9.17) is 23.7 Å². The van der Waals surface area contributed by atoms with Gasteiger partial charge in [0.2, 0.25) is 0 Å². The van der Waals surface area contributed by atoms with Crippen LogP contribution in [0.3, 0.4) is 0 Å². The molecule has 6 atom stereocenters. The molecule has 0 aromatic heterocycles. The maximum atomic E-state index is 13.8. The van der Waals surface area contributed by atoms with Crippen LogP contribution >= 0.6 is 0 Å². The fraction of sp³-hybridized carbons (Fsp3) is 0.682. The molecule has 1 N–H and O–H groups in total. The predicted octanol–water partition coefficient (Wildman–Crippen LogP) is 11.6. The van der Waals surface area contributed by atoms with E-state index in [2.05, 4.69) is 52.9 Å². The standard InChI is InChI=1S/C44H68O7Si/c1-7-8-12-21-36(51-52(5,6)44(2,3)4)29-30-38-37(22-15-9-10-16-23-41(45)46)40(32-39(38)49-42-24-17-18-31-48-42)50-43(47)35-27-25-34(26-28-35)33-19-13-11-14-20-33/h11,13-14,19-20,25-28,36-40,42H,7-10,12,15-18,21-24,29-32H2,1-6H3,(H,45,46)/t36?,37-,38-,39?,40+,42?/m1/s1. The molecule has 1 aliphatic carbocycles. The molecule has 4 rings (SSSR count). The average molecular weight is 737 g/mol. The highest BCUT2D eigenvalue weighted by Crippen LogP contribution is 2.45. The number of ether oxygens (including phenoxy) is 3. The number of aliphatic carboxylic acids is 1. The average Bonchev–Trinajstić information content (AvgIpc) is 3.43. The van der Waals surface area contributed by atoms with Crippen LogP contribution < -0.4 is 0 Å². The van der Waals surface area contributed by atoms with Crippen LogP contribution in [0.15, 0.2) is 54.6 Å². The predicted molar refractivity (Wildman–Crippen MR) is 212 cm³/mol. The summed E-state index contributed by atoms with van der Waals surface area (Å²) in [5, 5.41) is 9.27. The van der Waals surface area contributed by atoms with Crippen molar-refractivity contribution in [1.29, 1.82) is 0 Å². The Balaban J connectivity index is 1.55. The third kappa shape index (κ3) is 13.1. The van der Waals surface area contributed by atoms with E-state index in [1.807, 2.05) is 42.5 Å². The SMILES string of the molecule is CCCCCC(CC[C@H]1C(OC2CCCCO2)C[C@H](OC(=O)c2ccc(-c3ccccc3)cc2)[C@@H]1CCCCCCC(=O)O)O[Si](C)(C)C(C)(C)C. The number of benzene rings is 2. The van der Waals surface area contributed by atoms with Crippen LogP contribution in [0.2, 0.25) is 18.1 Å². The van der Waals surface area contributed by atoms with Crippen LogP contribution in [0.4, 0.5) is 0 Å². The highest BCUT2D eigenvalue weighted by Gasteiger charge is 2.47. The van der Waals surface area contributed by atoms with Crippen molar-refractivity contribution in [3.63, 3.8) is 0 Å².